The quantitative estimate of drug-likeness (QED) is 0.353. The number of anilines is 2. The fourth-order valence-electron chi connectivity index (χ4n) is 4.38. The molecule has 4 aromatic rings. The van der Waals surface area contributed by atoms with Crippen LogP contribution in [0.15, 0.2) is 48.9 Å². The smallest absolute Gasteiger partial charge is 0.329 e. The second kappa shape index (κ2) is 9.50. The van der Waals surface area contributed by atoms with Gasteiger partial charge in [0.2, 0.25) is 5.95 Å². The fourth-order valence-corrected chi connectivity index (χ4v) is 5.35. The van der Waals surface area contributed by atoms with Gasteiger partial charge in [-0.25, -0.2) is 24.5 Å². The Morgan fingerprint density at radius 2 is 1.97 bits per heavy atom. The molecule has 1 aliphatic heterocycles. The van der Waals surface area contributed by atoms with Gasteiger partial charge in [-0.2, -0.15) is 0 Å². The molecule has 0 saturated carbocycles. The lowest BCUT2D eigenvalue weighted by Gasteiger charge is -2.31. The number of benzene rings is 1. The maximum Gasteiger partial charge on any atom is 0.329 e. The molecule has 1 saturated heterocycles. The third-order valence-corrected chi connectivity index (χ3v) is 7.32. The van der Waals surface area contributed by atoms with E-state index in [-0.39, 0.29) is 6.03 Å². The summed E-state index contributed by atoms with van der Waals surface area (Å²) in [5.74, 6) is -0.479. The average Bonchev–Trinajstić information content (AvgIpc) is 3.48. The summed E-state index contributed by atoms with van der Waals surface area (Å²) in [7, 11) is 0. The van der Waals surface area contributed by atoms with Gasteiger partial charge < -0.3 is 15.3 Å². The first-order valence-corrected chi connectivity index (χ1v) is 12.4. The van der Waals surface area contributed by atoms with Gasteiger partial charge in [0.05, 0.1) is 15.9 Å². The zero-order valence-corrected chi connectivity index (χ0v) is 20.7. The zero-order valence-electron chi connectivity index (χ0n) is 19.9. The van der Waals surface area contributed by atoms with Crippen LogP contribution in [-0.2, 0) is 4.79 Å². The fraction of sp³-hybridized carbons (Fsp3) is 0.280. The standard InChI is InChI=1S/C25H25N7O3S/c1-3-26-23(35)31-24-30-19-12-15(11-17(20(19)36-24)18-7-4-5-9-27-18)16-13-28-22(29-14-16)32-10-6-8-25(32,2)21(33)34/h4-5,7,9,11-14H,3,6,8,10H2,1-2H3,(H,33,34)(H2,26,30,31,35). The Morgan fingerprint density at radius 3 is 2.67 bits per heavy atom. The van der Waals surface area contributed by atoms with Crippen LogP contribution in [0, 0.1) is 0 Å². The number of aromatic nitrogens is 4. The van der Waals surface area contributed by atoms with Crippen molar-refractivity contribution >= 4 is 44.6 Å². The summed E-state index contributed by atoms with van der Waals surface area (Å²) < 4.78 is 0.899. The van der Waals surface area contributed by atoms with Crippen molar-refractivity contribution in [3.8, 4) is 22.4 Å². The number of urea groups is 1. The van der Waals surface area contributed by atoms with Crippen LogP contribution < -0.4 is 15.5 Å². The molecule has 0 spiro atoms. The molecule has 3 aromatic heterocycles. The van der Waals surface area contributed by atoms with E-state index < -0.39 is 11.5 Å². The minimum atomic E-state index is -1.01. The lowest BCUT2D eigenvalue weighted by molar-refractivity contribution is -0.142. The highest BCUT2D eigenvalue weighted by Crippen LogP contribution is 2.38. The van der Waals surface area contributed by atoms with Crippen molar-refractivity contribution < 1.29 is 14.7 Å². The summed E-state index contributed by atoms with van der Waals surface area (Å²) in [5.41, 5.74) is 2.97. The van der Waals surface area contributed by atoms with Crippen LogP contribution in [0.4, 0.5) is 15.9 Å². The predicted octanol–water partition coefficient (Wildman–Crippen LogP) is 4.40. The maximum absolute atomic E-state index is 12.0. The van der Waals surface area contributed by atoms with Crippen molar-refractivity contribution in [3.05, 3.63) is 48.9 Å². The van der Waals surface area contributed by atoms with Gasteiger partial charge in [-0.1, -0.05) is 17.4 Å². The Balaban J connectivity index is 1.54. The van der Waals surface area contributed by atoms with E-state index in [1.807, 2.05) is 37.3 Å². The van der Waals surface area contributed by atoms with E-state index in [9.17, 15) is 14.7 Å². The van der Waals surface area contributed by atoms with Crippen molar-refractivity contribution in [1.29, 1.82) is 0 Å². The Morgan fingerprint density at radius 1 is 1.17 bits per heavy atom. The van der Waals surface area contributed by atoms with E-state index >= 15 is 0 Å². The van der Waals surface area contributed by atoms with Crippen LogP contribution in [0.2, 0.25) is 0 Å². The lowest BCUT2D eigenvalue weighted by Crippen LogP contribution is -2.48. The Bertz CT molecular complexity index is 1430. The summed E-state index contributed by atoms with van der Waals surface area (Å²) in [6.07, 6.45) is 6.46. The van der Waals surface area contributed by atoms with Crippen molar-refractivity contribution in [2.24, 2.45) is 0 Å². The molecule has 10 nitrogen and oxygen atoms in total. The van der Waals surface area contributed by atoms with E-state index in [1.165, 1.54) is 11.3 Å². The van der Waals surface area contributed by atoms with Gasteiger partial charge in [0, 0.05) is 42.8 Å². The Labute approximate surface area is 211 Å². The first-order chi connectivity index (χ1) is 17.4. The second-order valence-corrected chi connectivity index (χ2v) is 9.70. The van der Waals surface area contributed by atoms with Gasteiger partial charge in [0.1, 0.15) is 5.54 Å². The molecule has 11 heteroatoms. The highest BCUT2D eigenvalue weighted by atomic mass is 32.1. The van der Waals surface area contributed by atoms with Gasteiger partial charge in [-0.3, -0.25) is 10.3 Å². The predicted molar refractivity (Wildman–Crippen MR) is 139 cm³/mol. The molecule has 1 aliphatic rings. The van der Waals surface area contributed by atoms with Gasteiger partial charge in [0.25, 0.3) is 0 Å². The van der Waals surface area contributed by atoms with Gasteiger partial charge >= 0.3 is 12.0 Å². The van der Waals surface area contributed by atoms with E-state index in [2.05, 4.69) is 30.6 Å². The molecule has 5 rings (SSSR count). The molecule has 4 heterocycles. The van der Waals surface area contributed by atoms with E-state index in [0.717, 1.165) is 33.5 Å². The van der Waals surface area contributed by atoms with Crippen molar-refractivity contribution in [2.45, 2.75) is 32.2 Å². The number of rotatable bonds is 6. The van der Waals surface area contributed by atoms with Crippen molar-refractivity contribution in [1.82, 2.24) is 25.3 Å². The zero-order chi connectivity index (χ0) is 25.3. The SMILES string of the molecule is CCNC(=O)Nc1nc2cc(-c3cnc(N4CCCC4(C)C(=O)O)nc3)cc(-c3ccccn3)c2s1. The monoisotopic (exact) mass is 503 g/mol. The number of nitrogens with zero attached hydrogens (tertiary/aromatic N) is 5. The number of nitrogens with one attached hydrogen (secondary N) is 2. The minimum absolute atomic E-state index is 0.310. The minimum Gasteiger partial charge on any atom is -0.480 e. The Hall–Kier alpha value is -4.12. The molecule has 1 atom stereocenters. The third kappa shape index (κ3) is 4.33. The van der Waals surface area contributed by atoms with E-state index in [4.69, 9.17) is 0 Å². The van der Waals surface area contributed by atoms with E-state index in [1.54, 1.807) is 30.4 Å². The number of fused-ring (bicyclic) bond motifs is 1. The molecule has 184 valence electrons. The number of carbonyl (C=O) groups excluding carboxylic acids is 1. The summed E-state index contributed by atoms with van der Waals surface area (Å²) in [6.45, 7) is 4.67. The number of amides is 2. The van der Waals surface area contributed by atoms with Crippen molar-refractivity contribution in [2.75, 3.05) is 23.3 Å². The summed E-state index contributed by atoms with van der Waals surface area (Å²) in [6, 6.07) is 9.33. The van der Waals surface area contributed by atoms with Crippen molar-refractivity contribution in [3.63, 3.8) is 0 Å². The normalized spacial score (nSPS) is 17.3. The molecular formula is C25H25N7O3S. The molecular weight excluding hydrogens is 478 g/mol. The number of carbonyl (C=O) groups is 2. The summed E-state index contributed by atoms with van der Waals surface area (Å²) in [5, 5.41) is 15.7. The molecule has 0 aliphatic carbocycles. The second-order valence-electron chi connectivity index (χ2n) is 8.70. The van der Waals surface area contributed by atoms with Crippen LogP contribution >= 0.6 is 11.3 Å². The van der Waals surface area contributed by atoms with Gasteiger partial charge in [0.15, 0.2) is 5.13 Å². The number of aliphatic carboxylic acids is 1. The van der Waals surface area contributed by atoms with Crippen LogP contribution in [0.1, 0.15) is 26.7 Å². The van der Waals surface area contributed by atoms with Crippen LogP contribution in [0.5, 0.6) is 0 Å². The number of carboxylic acid groups (broad SMARTS) is 1. The first kappa shape index (κ1) is 23.6. The topological polar surface area (TPSA) is 133 Å². The number of carboxylic acids is 1. The average molecular weight is 504 g/mol. The number of hydrogen-bond donors (Lipinski definition) is 3. The highest BCUT2D eigenvalue weighted by molar-refractivity contribution is 7.22. The largest absolute Gasteiger partial charge is 0.480 e. The molecule has 1 fully saturated rings. The van der Waals surface area contributed by atoms with Gasteiger partial charge in [-0.15, -0.1) is 0 Å². The van der Waals surface area contributed by atoms with Crippen LogP contribution in [0.3, 0.4) is 0 Å². The van der Waals surface area contributed by atoms with Crippen LogP contribution in [0.25, 0.3) is 32.6 Å². The molecule has 1 unspecified atom stereocenters. The first-order valence-electron chi connectivity index (χ1n) is 11.6. The van der Waals surface area contributed by atoms with Gasteiger partial charge in [-0.05, 0) is 56.5 Å². The molecule has 0 radical (unpaired) electrons. The number of hydrogen-bond acceptors (Lipinski definition) is 8. The molecule has 36 heavy (non-hydrogen) atoms. The van der Waals surface area contributed by atoms with E-state index in [0.29, 0.717) is 36.1 Å². The lowest BCUT2D eigenvalue weighted by atomic mass is 10.00. The number of thiazole rings is 1. The Kier molecular flexibility index (Phi) is 6.23. The maximum atomic E-state index is 12.0. The molecule has 3 N–H and O–H groups in total. The van der Waals surface area contributed by atoms with Crippen LogP contribution in [-0.4, -0.2) is 55.7 Å². The molecule has 1 aromatic carbocycles. The third-order valence-electron chi connectivity index (χ3n) is 6.30. The highest BCUT2D eigenvalue weighted by Gasteiger charge is 2.44. The summed E-state index contributed by atoms with van der Waals surface area (Å²) in [4.78, 5) is 43.8. The number of pyridine rings is 1. The molecule has 2 amide bonds. The molecule has 0 bridgehead atoms. The summed E-state index contributed by atoms with van der Waals surface area (Å²) >= 11 is 1.38.